The molecule has 130 valence electrons. The average Bonchev–Trinajstić information content (AvgIpc) is 2.56. The van der Waals surface area contributed by atoms with Gasteiger partial charge in [-0.25, -0.2) is 0 Å². The van der Waals surface area contributed by atoms with Crippen LogP contribution in [-0.2, 0) is 6.42 Å². The van der Waals surface area contributed by atoms with Crippen LogP contribution in [0.25, 0.3) is 0 Å². The lowest BCUT2D eigenvalue weighted by Gasteiger charge is -2.32. The second-order valence-corrected chi connectivity index (χ2v) is 6.72. The Morgan fingerprint density at radius 2 is 2.13 bits per heavy atom. The monoisotopic (exact) mass is 318 g/mol. The topological polar surface area (TPSA) is 24.5 Å². The predicted octanol–water partition coefficient (Wildman–Crippen LogP) is 4.71. The SMILES string of the molecule is CCCCOc1ccc(NCC)c(CCC2CCCCN2C)c1. The molecule has 1 aliphatic heterocycles. The first kappa shape index (κ1) is 18.1. The summed E-state index contributed by atoms with van der Waals surface area (Å²) in [6.45, 7) is 7.40. The van der Waals surface area contributed by atoms with Crippen molar-refractivity contribution in [1.29, 1.82) is 0 Å². The summed E-state index contributed by atoms with van der Waals surface area (Å²) >= 11 is 0. The van der Waals surface area contributed by atoms with Crippen LogP contribution < -0.4 is 10.1 Å². The Bertz CT molecular complexity index is 461. The molecule has 3 heteroatoms. The van der Waals surface area contributed by atoms with Crippen LogP contribution in [0.2, 0.25) is 0 Å². The van der Waals surface area contributed by atoms with Crippen LogP contribution in [0, 0.1) is 0 Å². The number of likely N-dealkylation sites (tertiary alicyclic amines) is 1. The lowest BCUT2D eigenvalue weighted by molar-refractivity contribution is 0.176. The summed E-state index contributed by atoms with van der Waals surface area (Å²) in [7, 11) is 2.28. The van der Waals surface area contributed by atoms with Gasteiger partial charge >= 0.3 is 0 Å². The van der Waals surface area contributed by atoms with Crippen molar-refractivity contribution in [2.45, 2.75) is 64.8 Å². The zero-order valence-electron chi connectivity index (χ0n) is 15.2. The molecule has 2 rings (SSSR count). The van der Waals surface area contributed by atoms with Crippen LogP contribution in [0.5, 0.6) is 5.75 Å². The van der Waals surface area contributed by atoms with E-state index in [9.17, 15) is 0 Å². The van der Waals surface area contributed by atoms with Crippen LogP contribution in [-0.4, -0.2) is 37.7 Å². The maximum Gasteiger partial charge on any atom is 0.119 e. The maximum atomic E-state index is 5.89. The summed E-state index contributed by atoms with van der Waals surface area (Å²) in [5, 5.41) is 3.50. The van der Waals surface area contributed by atoms with Gasteiger partial charge < -0.3 is 15.0 Å². The highest BCUT2D eigenvalue weighted by Crippen LogP contribution is 2.26. The highest BCUT2D eigenvalue weighted by Gasteiger charge is 2.19. The molecule has 23 heavy (non-hydrogen) atoms. The summed E-state index contributed by atoms with van der Waals surface area (Å²) < 4.78 is 5.89. The molecule has 1 aromatic carbocycles. The van der Waals surface area contributed by atoms with E-state index in [4.69, 9.17) is 4.74 Å². The van der Waals surface area contributed by atoms with Gasteiger partial charge in [0.05, 0.1) is 6.61 Å². The number of anilines is 1. The Balaban J connectivity index is 1.99. The molecule has 1 atom stereocenters. The number of nitrogens with one attached hydrogen (secondary N) is 1. The van der Waals surface area contributed by atoms with E-state index in [-0.39, 0.29) is 0 Å². The fraction of sp³-hybridized carbons (Fsp3) is 0.700. The van der Waals surface area contributed by atoms with Crippen LogP contribution in [0.15, 0.2) is 18.2 Å². The number of hydrogen-bond donors (Lipinski definition) is 1. The summed E-state index contributed by atoms with van der Waals surface area (Å²) in [5.74, 6) is 1.02. The van der Waals surface area contributed by atoms with Gasteiger partial charge in [-0.3, -0.25) is 0 Å². The molecule has 3 nitrogen and oxygen atoms in total. The number of hydrogen-bond acceptors (Lipinski definition) is 3. The minimum atomic E-state index is 0.739. The lowest BCUT2D eigenvalue weighted by atomic mass is 9.95. The molecule has 0 amide bonds. The number of rotatable bonds is 9. The predicted molar refractivity (Wildman–Crippen MR) is 99.6 cm³/mol. The van der Waals surface area contributed by atoms with Crippen LogP contribution >= 0.6 is 0 Å². The largest absolute Gasteiger partial charge is 0.494 e. The molecule has 1 aromatic rings. The molecule has 0 aliphatic carbocycles. The first-order chi connectivity index (χ1) is 11.2. The summed E-state index contributed by atoms with van der Waals surface area (Å²) in [4.78, 5) is 2.54. The Morgan fingerprint density at radius 1 is 1.26 bits per heavy atom. The first-order valence-corrected chi connectivity index (χ1v) is 9.44. The number of benzene rings is 1. The molecule has 0 bridgehead atoms. The third kappa shape index (κ3) is 5.72. The maximum absolute atomic E-state index is 5.89. The van der Waals surface area contributed by atoms with Gasteiger partial charge in [0, 0.05) is 18.3 Å². The van der Waals surface area contributed by atoms with Crippen LogP contribution in [0.3, 0.4) is 0 Å². The lowest BCUT2D eigenvalue weighted by Crippen LogP contribution is -2.36. The standard InChI is InChI=1S/C20H34N2O/c1-4-6-15-23-19-12-13-20(21-5-2)17(16-19)10-11-18-9-7-8-14-22(18)3/h12-13,16,18,21H,4-11,14-15H2,1-3H3. The summed E-state index contributed by atoms with van der Waals surface area (Å²) in [5.41, 5.74) is 2.67. The van der Waals surface area contributed by atoms with Gasteiger partial charge in [-0.15, -0.1) is 0 Å². The molecule has 0 saturated carbocycles. The van der Waals surface area contributed by atoms with Gasteiger partial charge in [0.15, 0.2) is 0 Å². The second kappa shape index (κ2) is 9.82. The van der Waals surface area contributed by atoms with E-state index < -0.39 is 0 Å². The number of nitrogens with zero attached hydrogens (tertiary/aromatic N) is 1. The van der Waals surface area contributed by atoms with Gasteiger partial charge in [-0.05, 0) is 76.4 Å². The van der Waals surface area contributed by atoms with E-state index in [0.717, 1.165) is 37.8 Å². The Hall–Kier alpha value is -1.22. The van der Waals surface area contributed by atoms with Crippen LogP contribution in [0.1, 0.15) is 57.9 Å². The van der Waals surface area contributed by atoms with Crippen molar-refractivity contribution in [2.75, 3.05) is 32.1 Å². The van der Waals surface area contributed by atoms with E-state index >= 15 is 0 Å². The van der Waals surface area contributed by atoms with Crippen molar-refractivity contribution >= 4 is 5.69 Å². The molecule has 0 spiro atoms. The average molecular weight is 319 g/mol. The fourth-order valence-corrected chi connectivity index (χ4v) is 3.39. The van der Waals surface area contributed by atoms with E-state index in [2.05, 4.69) is 49.3 Å². The zero-order valence-corrected chi connectivity index (χ0v) is 15.2. The molecule has 0 radical (unpaired) electrons. The van der Waals surface area contributed by atoms with Crippen molar-refractivity contribution in [3.05, 3.63) is 23.8 Å². The van der Waals surface area contributed by atoms with Crippen molar-refractivity contribution in [3.8, 4) is 5.75 Å². The second-order valence-electron chi connectivity index (χ2n) is 6.72. The van der Waals surface area contributed by atoms with E-state index in [1.807, 2.05) is 0 Å². The molecule has 1 aliphatic rings. The normalized spacial score (nSPS) is 18.8. The Labute approximate surface area is 142 Å². The third-order valence-electron chi connectivity index (χ3n) is 4.88. The molecular formula is C20H34N2O. The molecule has 1 N–H and O–H groups in total. The van der Waals surface area contributed by atoms with Crippen LogP contribution in [0.4, 0.5) is 5.69 Å². The van der Waals surface area contributed by atoms with Gasteiger partial charge in [0.2, 0.25) is 0 Å². The fourth-order valence-electron chi connectivity index (χ4n) is 3.39. The van der Waals surface area contributed by atoms with E-state index in [1.54, 1.807) is 0 Å². The van der Waals surface area contributed by atoms with Crippen molar-refractivity contribution in [3.63, 3.8) is 0 Å². The van der Waals surface area contributed by atoms with Crippen molar-refractivity contribution < 1.29 is 4.74 Å². The molecular weight excluding hydrogens is 284 g/mol. The van der Waals surface area contributed by atoms with Crippen molar-refractivity contribution in [1.82, 2.24) is 4.90 Å². The van der Waals surface area contributed by atoms with E-state index in [0.29, 0.717) is 0 Å². The Morgan fingerprint density at radius 3 is 2.87 bits per heavy atom. The highest BCUT2D eigenvalue weighted by molar-refractivity contribution is 5.54. The molecule has 0 aromatic heterocycles. The third-order valence-corrected chi connectivity index (χ3v) is 4.88. The number of unbranched alkanes of at least 4 members (excludes halogenated alkanes) is 1. The number of piperidine rings is 1. The Kier molecular flexibility index (Phi) is 7.73. The minimum Gasteiger partial charge on any atom is -0.494 e. The van der Waals surface area contributed by atoms with Crippen molar-refractivity contribution in [2.24, 2.45) is 0 Å². The van der Waals surface area contributed by atoms with Gasteiger partial charge in [-0.2, -0.15) is 0 Å². The molecule has 1 heterocycles. The quantitative estimate of drug-likeness (QED) is 0.667. The summed E-state index contributed by atoms with van der Waals surface area (Å²) in [6.07, 6.45) is 8.76. The smallest absolute Gasteiger partial charge is 0.119 e. The highest BCUT2D eigenvalue weighted by atomic mass is 16.5. The van der Waals surface area contributed by atoms with E-state index in [1.165, 1.54) is 49.9 Å². The zero-order chi connectivity index (χ0) is 16.5. The minimum absolute atomic E-state index is 0.739. The van der Waals surface area contributed by atoms with Gasteiger partial charge in [0.25, 0.3) is 0 Å². The molecule has 1 saturated heterocycles. The molecule has 1 unspecified atom stereocenters. The summed E-state index contributed by atoms with van der Waals surface area (Å²) in [6, 6.07) is 7.27. The van der Waals surface area contributed by atoms with Gasteiger partial charge in [0.1, 0.15) is 5.75 Å². The number of aryl methyl sites for hydroxylation is 1. The molecule has 1 fully saturated rings. The first-order valence-electron chi connectivity index (χ1n) is 9.44. The number of ether oxygens (including phenoxy) is 1. The van der Waals surface area contributed by atoms with Gasteiger partial charge in [-0.1, -0.05) is 19.8 Å².